The molecule has 1 fully saturated rings. The summed E-state index contributed by atoms with van der Waals surface area (Å²) in [6.45, 7) is 4.68. The summed E-state index contributed by atoms with van der Waals surface area (Å²) < 4.78 is 2.29. The quantitative estimate of drug-likeness (QED) is 0.839. The minimum atomic E-state index is 0.506. The number of rotatable bonds is 3. The van der Waals surface area contributed by atoms with E-state index in [0.717, 1.165) is 5.52 Å². The van der Waals surface area contributed by atoms with E-state index in [2.05, 4.69) is 47.7 Å². The Morgan fingerprint density at radius 3 is 2.89 bits per heavy atom. The van der Waals surface area contributed by atoms with E-state index >= 15 is 0 Å². The van der Waals surface area contributed by atoms with Gasteiger partial charge in [0, 0.05) is 7.05 Å². The van der Waals surface area contributed by atoms with Crippen LogP contribution < -0.4 is 0 Å². The standard InChI is InChI=1S/C16H23N3/c1-3-11-19-12-7-6-10-15(19)16-17-13-8-4-5-9-14(13)18(16)2/h4-5,8-9,15H,3,6-7,10-12H2,1-2H3. The molecule has 19 heavy (non-hydrogen) atoms. The van der Waals surface area contributed by atoms with Gasteiger partial charge in [-0.25, -0.2) is 4.98 Å². The summed E-state index contributed by atoms with van der Waals surface area (Å²) in [4.78, 5) is 7.51. The van der Waals surface area contributed by atoms with Gasteiger partial charge in [-0.3, -0.25) is 4.90 Å². The third-order valence-electron chi connectivity index (χ3n) is 4.24. The summed E-state index contributed by atoms with van der Waals surface area (Å²) in [6.07, 6.45) is 5.13. The molecule has 0 radical (unpaired) electrons. The molecule has 0 N–H and O–H groups in total. The number of piperidine rings is 1. The number of hydrogen-bond acceptors (Lipinski definition) is 2. The van der Waals surface area contributed by atoms with E-state index in [4.69, 9.17) is 4.98 Å². The smallest absolute Gasteiger partial charge is 0.127 e. The number of fused-ring (bicyclic) bond motifs is 1. The van der Waals surface area contributed by atoms with E-state index in [0.29, 0.717) is 6.04 Å². The molecule has 3 nitrogen and oxygen atoms in total. The first-order chi connectivity index (χ1) is 9.31. The van der Waals surface area contributed by atoms with E-state index in [1.165, 1.54) is 50.1 Å². The molecular formula is C16H23N3. The number of aromatic nitrogens is 2. The van der Waals surface area contributed by atoms with Crippen LogP contribution in [0.3, 0.4) is 0 Å². The van der Waals surface area contributed by atoms with Crippen LogP contribution in [0.5, 0.6) is 0 Å². The molecule has 2 heterocycles. The molecule has 1 aliphatic heterocycles. The first-order valence-corrected chi connectivity index (χ1v) is 7.46. The molecule has 0 aliphatic carbocycles. The molecule has 1 saturated heterocycles. The Morgan fingerprint density at radius 2 is 2.11 bits per heavy atom. The highest BCUT2D eigenvalue weighted by atomic mass is 15.2. The molecule has 1 unspecified atom stereocenters. The van der Waals surface area contributed by atoms with Gasteiger partial charge in [0.05, 0.1) is 17.1 Å². The molecule has 0 amide bonds. The SMILES string of the molecule is CCCN1CCCCC1c1nc2ccccc2n1C. The second-order valence-corrected chi connectivity index (χ2v) is 5.57. The monoisotopic (exact) mass is 257 g/mol. The highest BCUT2D eigenvalue weighted by Crippen LogP contribution is 2.31. The average Bonchev–Trinajstić information content (AvgIpc) is 2.78. The Kier molecular flexibility index (Phi) is 3.56. The first kappa shape index (κ1) is 12.7. The summed E-state index contributed by atoms with van der Waals surface area (Å²) in [5, 5.41) is 0. The average molecular weight is 257 g/mol. The molecule has 1 atom stereocenters. The van der Waals surface area contributed by atoms with Crippen molar-refractivity contribution < 1.29 is 0 Å². The zero-order chi connectivity index (χ0) is 13.2. The van der Waals surface area contributed by atoms with Gasteiger partial charge in [-0.05, 0) is 44.5 Å². The van der Waals surface area contributed by atoms with Crippen molar-refractivity contribution in [2.45, 2.75) is 38.6 Å². The number of likely N-dealkylation sites (tertiary alicyclic amines) is 1. The minimum absolute atomic E-state index is 0.506. The van der Waals surface area contributed by atoms with Crippen LogP contribution in [-0.4, -0.2) is 27.5 Å². The van der Waals surface area contributed by atoms with E-state index in [-0.39, 0.29) is 0 Å². The molecule has 3 heteroatoms. The number of hydrogen-bond donors (Lipinski definition) is 0. The van der Waals surface area contributed by atoms with E-state index in [1.807, 2.05) is 0 Å². The van der Waals surface area contributed by atoms with Gasteiger partial charge in [-0.1, -0.05) is 25.5 Å². The molecule has 3 rings (SSSR count). The minimum Gasteiger partial charge on any atom is -0.330 e. The summed E-state index contributed by atoms with van der Waals surface area (Å²) in [6, 6.07) is 8.96. The Balaban J connectivity index is 1.99. The van der Waals surface area contributed by atoms with Crippen molar-refractivity contribution in [3.8, 4) is 0 Å². The van der Waals surface area contributed by atoms with Crippen molar-refractivity contribution in [2.24, 2.45) is 7.05 Å². The van der Waals surface area contributed by atoms with Crippen LogP contribution in [-0.2, 0) is 7.05 Å². The fourth-order valence-electron chi connectivity index (χ4n) is 3.30. The van der Waals surface area contributed by atoms with Crippen LogP contribution in [0.25, 0.3) is 11.0 Å². The van der Waals surface area contributed by atoms with Crippen molar-refractivity contribution in [1.82, 2.24) is 14.5 Å². The summed E-state index contributed by atoms with van der Waals surface area (Å²) in [5.74, 6) is 1.24. The molecule has 1 aromatic carbocycles. The Hall–Kier alpha value is -1.35. The fraction of sp³-hybridized carbons (Fsp3) is 0.562. The number of para-hydroxylation sites is 2. The summed E-state index contributed by atoms with van der Waals surface area (Å²) in [5.41, 5.74) is 2.38. The fourth-order valence-corrected chi connectivity index (χ4v) is 3.30. The van der Waals surface area contributed by atoms with Gasteiger partial charge in [-0.15, -0.1) is 0 Å². The second-order valence-electron chi connectivity index (χ2n) is 5.57. The predicted molar refractivity (Wildman–Crippen MR) is 79.2 cm³/mol. The maximum absolute atomic E-state index is 4.89. The number of benzene rings is 1. The maximum Gasteiger partial charge on any atom is 0.127 e. The number of aryl methyl sites for hydroxylation is 1. The van der Waals surface area contributed by atoms with Gasteiger partial charge in [0.15, 0.2) is 0 Å². The van der Waals surface area contributed by atoms with Crippen LogP contribution in [0.1, 0.15) is 44.5 Å². The van der Waals surface area contributed by atoms with E-state index in [1.54, 1.807) is 0 Å². The van der Waals surface area contributed by atoms with E-state index in [9.17, 15) is 0 Å². The molecule has 0 saturated carbocycles. The largest absolute Gasteiger partial charge is 0.330 e. The zero-order valence-corrected chi connectivity index (χ0v) is 12.0. The van der Waals surface area contributed by atoms with Gasteiger partial charge in [-0.2, -0.15) is 0 Å². The van der Waals surface area contributed by atoms with Crippen LogP contribution in [0.15, 0.2) is 24.3 Å². The third kappa shape index (κ3) is 2.27. The van der Waals surface area contributed by atoms with Crippen molar-refractivity contribution >= 4 is 11.0 Å². The van der Waals surface area contributed by atoms with Crippen LogP contribution in [0.2, 0.25) is 0 Å². The molecule has 1 aliphatic rings. The third-order valence-corrected chi connectivity index (χ3v) is 4.24. The van der Waals surface area contributed by atoms with Gasteiger partial charge in [0.2, 0.25) is 0 Å². The van der Waals surface area contributed by atoms with Crippen LogP contribution in [0, 0.1) is 0 Å². The van der Waals surface area contributed by atoms with Crippen LogP contribution in [0.4, 0.5) is 0 Å². The molecule has 0 bridgehead atoms. The number of imidazole rings is 1. The predicted octanol–water partition coefficient (Wildman–Crippen LogP) is 3.51. The Labute approximate surface area is 115 Å². The lowest BCUT2D eigenvalue weighted by Gasteiger charge is -2.35. The highest BCUT2D eigenvalue weighted by Gasteiger charge is 2.27. The zero-order valence-electron chi connectivity index (χ0n) is 12.0. The Bertz CT molecular complexity index is 556. The molecular weight excluding hydrogens is 234 g/mol. The molecule has 102 valence electrons. The second kappa shape index (κ2) is 5.33. The Morgan fingerprint density at radius 1 is 1.26 bits per heavy atom. The van der Waals surface area contributed by atoms with Gasteiger partial charge in [0.25, 0.3) is 0 Å². The lowest BCUT2D eigenvalue weighted by Crippen LogP contribution is -2.35. The molecule has 2 aromatic rings. The lowest BCUT2D eigenvalue weighted by molar-refractivity contribution is 0.140. The van der Waals surface area contributed by atoms with Crippen molar-refractivity contribution in [3.05, 3.63) is 30.1 Å². The van der Waals surface area contributed by atoms with Crippen molar-refractivity contribution in [3.63, 3.8) is 0 Å². The van der Waals surface area contributed by atoms with Crippen molar-refractivity contribution in [2.75, 3.05) is 13.1 Å². The normalized spacial score (nSPS) is 21.1. The highest BCUT2D eigenvalue weighted by molar-refractivity contribution is 5.75. The first-order valence-electron chi connectivity index (χ1n) is 7.46. The van der Waals surface area contributed by atoms with Gasteiger partial charge < -0.3 is 4.57 Å². The number of nitrogens with zero attached hydrogens (tertiary/aromatic N) is 3. The molecule has 0 spiro atoms. The summed E-state index contributed by atoms with van der Waals surface area (Å²) in [7, 11) is 2.16. The maximum atomic E-state index is 4.89. The van der Waals surface area contributed by atoms with Crippen molar-refractivity contribution in [1.29, 1.82) is 0 Å². The lowest BCUT2D eigenvalue weighted by atomic mass is 10.0. The summed E-state index contributed by atoms with van der Waals surface area (Å²) >= 11 is 0. The van der Waals surface area contributed by atoms with Crippen LogP contribution >= 0.6 is 0 Å². The van der Waals surface area contributed by atoms with Gasteiger partial charge in [0.1, 0.15) is 5.82 Å². The molecule has 1 aromatic heterocycles. The van der Waals surface area contributed by atoms with E-state index < -0.39 is 0 Å². The van der Waals surface area contributed by atoms with Gasteiger partial charge >= 0.3 is 0 Å². The topological polar surface area (TPSA) is 21.1 Å².